The summed E-state index contributed by atoms with van der Waals surface area (Å²) >= 11 is 1.29. The first-order chi connectivity index (χ1) is 10.9. The van der Waals surface area contributed by atoms with E-state index in [1.807, 2.05) is 45.0 Å². The summed E-state index contributed by atoms with van der Waals surface area (Å²) in [5, 5.41) is 5.64. The maximum atomic E-state index is 11.8. The number of carbonyl (C=O) groups excluding carboxylic acids is 2. The Balaban J connectivity index is 2.24. The quantitative estimate of drug-likeness (QED) is 0.645. The van der Waals surface area contributed by atoms with Gasteiger partial charge < -0.3 is 16.4 Å². The molecule has 0 bridgehead atoms. The molecular formula is C17H27N3O2S. The Morgan fingerprint density at radius 1 is 1.09 bits per heavy atom. The molecule has 0 heterocycles. The van der Waals surface area contributed by atoms with Crippen LogP contribution in [0.2, 0.25) is 0 Å². The fourth-order valence-electron chi connectivity index (χ4n) is 1.90. The highest BCUT2D eigenvalue weighted by Crippen LogP contribution is 2.11. The molecular weight excluding hydrogens is 310 g/mol. The maximum absolute atomic E-state index is 11.8. The minimum atomic E-state index is -0.344. The van der Waals surface area contributed by atoms with Crippen LogP contribution in [0.4, 0.5) is 5.69 Å². The highest BCUT2D eigenvalue weighted by molar-refractivity contribution is 8.00. The van der Waals surface area contributed by atoms with Crippen LogP contribution in [0.25, 0.3) is 0 Å². The number of nitrogens with two attached hydrogens (primary N) is 1. The van der Waals surface area contributed by atoms with Gasteiger partial charge in [0.05, 0.1) is 11.5 Å². The molecule has 0 aromatic heterocycles. The highest BCUT2D eigenvalue weighted by atomic mass is 32.2. The van der Waals surface area contributed by atoms with Crippen molar-refractivity contribution < 1.29 is 9.59 Å². The van der Waals surface area contributed by atoms with Crippen molar-refractivity contribution >= 4 is 29.3 Å². The molecule has 0 radical (unpaired) electrons. The molecule has 0 aliphatic rings. The summed E-state index contributed by atoms with van der Waals surface area (Å²) in [7, 11) is 0. The van der Waals surface area contributed by atoms with E-state index in [0.717, 1.165) is 24.1 Å². The van der Waals surface area contributed by atoms with Gasteiger partial charge in [0.1, 0.15) is 0 Å². The van der Waals surface area contributed by atoms with E-state index in [1.54, 1.807) is 0 Å². The van der Waals surface area contributed by atoms with Crippen molar-refractivity contribution in [3.8, 4) is 0 Å². The number of hydrogen-bond acceptors (Lipinski definition) is 4. The van der Waals surface area contributed by atoms with Crippen LogP contribution in [0.1, 0.15) is 32.3 Å². The van der Waals surface area contributed by atoms with E-state index in [1.165, 1.54) is 11.8 Å². The minimum Gasteiger partial charge on any atom is -0.354 e. The number of thioether (sulfide) groups is 1. The van der Waals surface area contributed by atoms with Crippen LogP contribution < -0.4 is 16.4 Å². The molecule has 0 unspecified atom stereocenters. The predicted molar refractivity (Wildman–Crippen MR) is 97.6 cm³/mol. The number of anilines is 1. The molecule has 2 amide bonds. The van der Waals surface area contributed by atoms with Crippen LogP contribution >= 0.6 is 11.8 Å². The van der Waals surface area contributed by atoms with E-state index in [-0.39, 0.29) is 28.9 Å². The van der Waals surface area contributed by atoms with Gasteiger partial charge in [0, 0.05) is 17.8 Å². The Morgan fingerprint density at radius 3 is 2.22 bits per heavy atom. The Bertz CT molecular complexity index is 513. The SMILES string of the molecule is CCC(N)(CC)CNC(=O)CSCC(=O)Nc1ccc(C)cc1. The standard InChI is InChI=1S/C17H27N3O2S/c1-4-17(18,5-2)12-19-15(21)10-23-11-16(22)20-14-8-6-13(3)7-9-14/h6-9H,4-5,10-12,18H2,1-3H3,(H,19,21)(H,20,22). The van der Waals surface area contributed by atoms with Gasteiger partial charge in [0.15, 0.2) is 0 Å². The van der Waals surface area contributed by atoms with Crippen LogP contribution in [0, 0.1) is 6.92 Å². The minimum absolute atomic E-state index is 0.0881. The molecule has 6 heteroatoms. The predicted octanol–water partition coefficient (Wildman–Crippen LogP) is 2.30. The van der Waals surface area contributed by atoms with Gasteiger partial charge in [0.25, 0.3) is 0 Å². The van der Waals surface area contributed by atoms with Gasteiger partial charge in [-0.2, -0.15) is 0 Å². The molecule has 0 saturated heterocycles. The number of nitrogens with one attached hydrogen (secondary N) is 2. The lowest BCUT2D eigenvalue weighted by Gasteiger charge is -2.26. The summed E-state index contributed by atoms with van der Waals surface area (Å²) in [5.74, 6) is 0.304. The van der Waals surface area contributed by atoms with E-state index in [9.17, 15) is 9.59 Å². The third-order valence-corrected chi connectivity index (χ3v) is 4.78. The Hall–Kier alpha value is -1.53. The van der Waals surface area contributed by atoms with Gasteiger partial charge in [-0.15, -0.1) is 11.8 Å². The summed E-state index contributed by atoms with van der Waals surface area (Å²) in [6, 6.07) is 7.61. The monoisotopic (exact) mass is 337 g/mol. The molecule has 0 aliphatic heterocycles. The third kappa shape index (κ3) is 7.52. The van der Waals surface area contributed by atoms with Crippen LogP contribution in [-0.2, 0) is 9.59 Å². The number of benzene rings is 1. The highest BCUT2D eigenvalue weighted by Gasteiger charge is 2.20. The van der Waals surface area contributed by atoms with Crippen molar-refractivity contribution in [2.75, 3.05) is 23.4 Å². The second-order valence-corrected chi connectivity index (χ2v) is 6.74. The van der Waals surface area contributed by atoms with Crippen molar-refractivity contribution in [1.29, 1.82) is 0 Å². The van der Waals surface area contributed by atoms with Crippen molar-refractivity contribution in [2.45, 2.75) is 39.2 Å². The Labute approximate surface area is 142 Å². The second-order valence-electron chi connectivity index (χ2n) is 5.75. The average Bonchev–Trinajstić information content (AvgIpc) is 2.55. The van der Waals surface area contributed by atoms with Crippen LogP contribution in [0.5, 0.6) is 0 Å². The van der Waals surface area contributed by atoms with Gasteiger partial charge in [0.2, 0.25) is 11.8 Å². The van der Waals surface area contributed by atoms with Crippen LogP contribution in [-0.4, -0.2) is 35.4 Å². The van der Waals surface area contributed by atoms with Crippen molar-refractivity contribution in [3.05, 3.63) is 29.8 Å². The van der Waals surface area contributed by atoms with E-state index in [0.29, 0.717) is 6.54 Å². The Morgan fingerprint density at radius 2 is 1.65 bits per heavy atom. The summed E-state index contributed by atoms with van der Waals surface area (Å²) in [4.78, 5) is 23.6. The number of hydrogen-bond donors (Lipinski definition) is 3. The zero-order valence-electron chi connectivity index (χ0n) is 14.1. The molecule has 0 aliphatic carbocycles. The van der Waals surface area contributed by atoms with Crippen molar-refractivity contribution in [1.82, 2.24) is 5.32 Å². The number of aryl methyl sites for hydroxylation is 1. The van der Waals surface area contributed by atoms with Gasteiger partial charge in [-0.25, -0.2) is 0 Å². The zero-order valence-corrected chi connectivity index (χ0v) is 15.0. The van der Waals surface area contributed by atoms with Gasteiger partial charge in [-0.05, 0) is 31.9 Å². The lowest BCUT2D eigenvalue weighted by molar-refractivity contribution is -0.118. The molecule has 0 atom stereocenters. The summed E-state index contributed by atoms with van der Waals surface area (Å²) in [6.45, 7) is 6.49. The lowest BCUT2D eigenvalue weighted by Crippen LogP contribution is -2.49. The van der Waals surface area contributed by atoms with E-state index in [4.69, 9.17) is 5.73 Å². The Kier molecular flexibility index (Phi) is 8.12. The van der Waals surface area contributed by atoms with Gasteiger partial charge in [-0.1, -0.05) is 31.5 Å². The summed E-state index contributed by atoms with van der Waals surface area (Å²) in [5.41, 5.74) is 7.70. The van der Waals surface area contributed by atoms with Crippen molar-refractivity contribution in [3.63, 3.8) is 0 Å². The number of carbonyl (C=O) groups is 2. The fraction of sp³-hybridized carbons (Fsp3) is 0.529. The normalized spacial score (nSPS) is 11.1. The number of rotatable bonds is 9. The van der Waals surface area contributed by atoms with E-state index in [2.05, 4.69) is 10.6 Å². The van der Waals surface area contributed by atoms with Crippen LogP contribution in [0.3, 0.4) is 0 Å². The molecule has 5 nitrogen and oxygen atoms in total. The van der Waals surface area contributed by atoms with E-state index < -0.39 is 0 Å². The molecule has 128 valence electrons. The maximum Gasteiger partial charge on any atom is 0.234 e. The third-order valence-electron chi connectivity index (χ3n) is 3.85. The summed E-state index contributed by atoms with van der Waals surface area (Å²) < 4.78 is 0. The first-order valence-electron chi connectivity index (χ1n) is 7.88. The largest absolute Gasteiger partial charge is 0.354 e. The molecule has 1 aromatic carbocycles. The second kappa shape index (κ2) is 9.57. The van der Waals surface area contributed by atoms with Crippen LogP contribution in [0.15, 0.2) is 24.3 Å². The average molecular weight is 337 g/mol. The molecule has 1 rings (SSSR count). The lowest BCUT2D eigenvalue weighted by atomic mass is 9.94. The van der Waals surface area contributed by atoms with Gasteiger partial charge in [-0.3, -0.25) is 9.59 Å². The molecule has 0 fully saturated rings. The fourth-order valence-corrected chi connectivity index (χ4v) is 2.54. The molecule has 0 spiro atoms. The molecule has 1 aromatic rings. The van der Waals surface area contributed by atoms with Crippen molar-refractivity contribution in [2.24, 2.45) is 5.73 Å². The zero-order chi connectivity index (χ0) is 17.3. The summed E-state index contributed by atoms with van der Waals surface area (Å²) in [6.07, 6.45) is 1.63. The first kappa shape index (κ1) is 19.5. The smallest absolute Gasteiger partial charge is 0.234 e. The molecule has 0 saturated carbocycles. The van der Waals surface area contributed by atoms with Gasteiger partial charge >= 0.3 is 0 Å². The number of amides is 2. The molecule has 23 heavy (non-hydrogen) atoms. The topological polar surface area (TPSA) is 84.2 Å². The van der Waals surface area contributed by atoms with E-state index >= 15 is 0 Å². The first-order valence-corrected chi connectivity index (χ1v) is 9.04. The molecule has 4 N–H and O–H groups in total.